The van der Waals surface area contributed by atoms with E-state index in [0.29, 0.717) is 11.6 Å². The van der Waals surface area contributed by atoms with Crippen molar-refractivity contribution in [1.82, 2.24) is 0 Å². The van der Waals surface area contributed by atoms with Gasteiger partial charge in [0.2, 0.25) is 0 Å². The highest BCUT2D eigenvalue weighted by molar-refractivity contribution is 9.10. The number of nitro benzene ring substituents is 1. The fourth-order valence-corrected chi connectivity index (χ4v) is 3.32. The lowest BCUT2D eigenvalue weighted by molar-refractivity contribution is -0.385. The standard InChI is InChI=1S/C17H16BrFN2O2/c18-14-3-1-12(2-4-14)13-7-9-20(10-8-13)17-6-5-15(21(22)23)11-16(17)19/h1-6,11,13H,7-10H2. The first kappa shape index (κ1) is 15.9. The molecule has 0 unspecified atom stereocenters. The molecule has 1 heterocycles. The average Bonchev–Trinajstić information content (AvgIpc) is 2.56. The quantitative estimate of drug-likeness (QED) is 0.564. The number of nitrogens with zero attached hydrogens (tertiary/aromatic N) is 2. The van der Waals surface area contributed by atoms with Crippen LogP contribution < -0.4 is 4.90 Å². The summed E-state index contributed by atoms with van der Waals surface area (Å²) in [4.78, 5) is 12.1. The Kier molecular flexibility index (Phi) is 4.61. The second-order valence-electron chi connectivity index (χ2n) is 5.71. The number of non-ortho nitro benzene ring substituents is 1. The molecule has 2 aromatic carbocycles. The molecule has 0 amide bonds. The van der Waals surface area contributed by atoms with E-state index in [1.807, 2.05) is 17.0 Å². The molecule has 0 atom stereocenters. The van der Waals surface area contributed by atoms with Crippen molar-refractivity contribution in [3.63, 3.8) is 0 Å². The average molecular weight is 379 g/mol. The van der Waals surface area contributed by atoms with Crippen LogP contribution in [0.4, 0.5) is 15.8 Å². The molecule has 0 aromatic heterocycles. The van der Waals surface area contributed by atoms with E-state index in [9.17, 15) is 14.5 Å². The molecule has 0 aliphatic carbocycles. The van der Waals surface area contributed by atoms with Crippen molar-refractivity contribution in [2.24, 2.45) is 0 Å². The SMILES string of the molecule is O=[N+]([O-])c1ccc(N2CCC(c3ccc(Br)cc3)CC2)c(F)c1. The van der Waals surface area contributed by atoms with Crippen molar-refractivity contribution in [1.29, 1.82) is 0 Å². The third kappa shape index (κ3) is 3.52. The molecule has 3 rings (SSSR count). The molecule has 0 radical (unpaired) electrons. The zero-order valence-corrected chi connectivity index (χ0v) is 14.0. The summed E-state index contributed by atoms with van der Waals surface area (Å²) < 4.78 is 15.2. The Labute approximate surface area is 142 Å². The van der Waals surface area contributed by atoms with Crippen molar-refractivity contribution in [3.05, 3.63) is 68.4 Å². The molecular weight excluding hydrogens is 363 g/mol. The van der Waals surface area contributed by atoms with Crippen molar-refractivity contribution < 1.29 is 9.31 Å². The van der Waals surface area contributed by atoms with Gasteiger partial charge in [0.1, 0.15) is 0 Å². The van der Waals surface area contributed by atoms with Crippen molar-refractivity contribution >= 4 is 27.3 Å². The van der Waals surface area contributed by atoms with E-state index >= 15 is 0 Å². The van der Waals surface area contributed by atoms with Gasteiger partial charge < -0.3 is 4.90 Å². The third-order valence-corrected chi connectivity index (χ3v) is 4.85. The van der Waals surface area contributed by atoms with E-state index in [0.717, 1.165) is 36.5 Å². The molecule has 2 aromatic rings. The normalized spacial score (nSPS) is 15.7. The van der Waals surface area contributed by atoms with Crippen molar-refractivity contribution in [2.75, 3.05) is 18.0 Å². The summed E-state index contributed by atoms with van der Waals surface area (Å²) in [5.41, 5.74) is 1.54. The van der Waals surface area contributed by atoms with Crippen molar-refractivity contribution in [2.45, 2.75) is 18.8 Å². The van der Waals surface area contributed by atoms with Crippen LogP contribution in [0.5, 0.6) is 0 Å². The third-order valence-electron chi connectivity index (χ3n) is 4.32. The Morgan fingerprint density at radius 1 is 1.13 bits per heavy atom. The molecule has 1 fully saturated rings. The highest BCUT2D eigenvalue weighted by atomic mass is 79.9. The smallest absolute Gasteiger partial charge is 0.272 e. The predicted octanol–water partition coefficient (Wildman–Crippen LogP) is 4.88. The maximum absolute atomic E-state index is 14.1. The lowest BCUT2D eigenvalue weighted by Crippen LogP contribution is -2.33. The lowest BCUT2D eigenvalue weighted by Gasteiger charge is -2.34. The van der Waals surface area contributed by atoms with Crippen LogP contribution in [0.2, 0.25) is 0 Å². The lowest BCUT2D eigenvalue weighted by atomic mass is 9.89. The molecule has 120 valence electrons. The van der Waals surface area contributed by atoms with E-state index in [4.69, 9.17) is 0 Å². The Balaban J connectivity index is 1.69. The zero-order chi connectivity index (χ0) is 16.4. The van der Waals surface area contributed by atoms with Gasteiger partial charge in [-0.3, -0.25) is 10.1 Å². The molecular formula is C17H16BrFN2O2. The Bertz CT molecular complexity index is 713. The van der Waals surface area contributed by atoms with Gasteiger partial charge in [-0.15, -0.1) is 0 Å². The molecule has 23 heavy (non-hydrogen) atoms. The van der Waals surface area contributed by atoms with Gasteiger partial charge in [-0.1, -0.05) is 28.1 Å². The summed E-state index contributed by atoms with van der Waals surface area (Å²) >= 11 is 3.44. The van der Waals surface area contributed by atoms with Crippen molar-refractivity contribution in [3.8, 4) is 0 Å². The number of nitro groups is 1. The number of hydrogen-bond donors (Lipinski definition) is 0. The molecule has 6 heteroatoms. The first-order valence-corrected chi connectivity index (χ1v) is 8.28. The summed E-state index contributed by atoms with van der Waals surface area (Å²) in [6.45, 7) is 1.49. The minimum Gasteiger partial charge on any atom is -0.369 e. The topological polar surface area (TPSA) is 46.4 Å². The second kappa shape index (κ2) is 6.66. The number of halogens is 2. The Hall–Kier alpha value is -1.95. The maximum Gasteiger partial charge on any atom is 0.272 e. The van der Waals surface area contributed by atoms with Crippen LogP contribution in [0.25, 0.3) is 0 Å². The molecule has 0 spiro atoms. The summed E-state index contributed by atoms with van der Waals surface area (Å²) in [7, 11) is 0. The van der Waals surface area contributed by atoms with Gasteiger partial charge in [-0.2, -0.15) is 0 Å². The van der Waals surface area contributed by atoms with Gasteiger partial charge in [0.05, 0.1) is 16.7 Å². The van der Waals surface area contributed by atoms with Crippen LogP contribution in [0.15, 0.2) is 46.9 Å². The van der Waals surface area contributed by atoms with E-state index in [2.05, 4.69) is 28.1 Å². The van der Waals surface area contributed by atoms with Gasteiger partial charge in [-0.25, -0.2) is 4.39 Å². The number of benzene rings is 2. The van der Waals surface area contributed by atoms with E-state index < -0.39 is 10.7 Å². The predicted molar refractivity (Wildman–Crippen MR) is 91.4 cm³/mol. The summed E-state index contributed by atoms with van der Waals surface area (Å²) in [5.74, 6) is -0.0539. The van der Waals surface area contributed by atoms with E-state index in [-0.39, 0.29) is 5.69 Å². The maximum atomic E-state index is 14.1. The Morgan fingerprint density at radius 3 is 2.35 bits per heavy atom. The summed E-state index contributed by atoms with van der Waals surface area (Å²) in [6, 6.07) is 12.2. The number of piperidine rings is 1. The largest absolute Gasteiger partial charge is 0.369 e. The molecule has 0 bridgehead atoms. The fraction of sp³-hybridized carbons (Fsp3) is 0.294. The van der Waals surface area contributed by atoms with E-state index in [1.165, 1.54) is 17.7 Å². The molecule has 0 saturated carbocycles. The summed E-state index contributed by atoms with van der Waals surface area (Å²) in [5, 5.41) is 10.7. The molecule has 1 aliphatic heterocycles. The highest BCUT2D eigenvalue weighted by Crippen LogP contribution is 2.32. The summed E-state index contributed by atoms with van der Waals surface area (Å²) in [6.07, 6.45) is 1.89. The van der Waals surface area contributed by atoms with E-state index in [1.54, 1.807) is 0 Å². The van der Waals surface area contributed by atoms with Gasteiger partial charge in [0, 0.05) is 23.6 Å². The van der Waals surface area contributed by atoms with Gasteiger partial charge >= 0.3 is 0 Å². The van der Waals surface area contributed by atoms with Gasteiger partial charge in [0.25, 0.3) is 5.69 Å². The first-order valence-electron chi connectivity index (χ1n) is 7.49. The van der Waals surface area contributed by atoms with Gasteiger partial charge in [-0.05, 0) is 42.5 Å². The zero-order valence-electron chi connectivity index (χ0n) is 12.4. The molecule has 1 saturated heterocycles. The Morgan fingerprint density at radius 2 is 1.78 bits per heavy atom. The number of anilines is 1. The first-order chi connectivity index (χ1) is 11.0. The highest BCUT2D eigenvalue weighted by Gasteiger charge is 2.23. The molecule has 1 aliphatic rings. The van der Waals surface area contributed by atoms with Crippen LogP contribution in [-0.4, -0.2) is 18.0 Å². The van der Waals surface area contributed by atoms with Crippen LogP contribution in [0.1, 0.15) is 24.3 Å². The second-order valence-corrected chi connectivity index (χ2v) is 6.62. The van der Waals surface area contributed by atoms with Crippen LogP contribution in [0.3, 0.4) is 0 Å². The van der Waals surface area contributed by atoms with Gasteiger partial charge in [0.15, 0.2) is 5.82 Å². The molecule has 0 N–H and O–H groups in total. The van der Waals surface area contributed by atoms with Crippen LogP contribution >= 0.6 is 15.9 Å². The number of rotatable bonds is 3. The minimum absolute atomic E-state index is 0.212. The van der Waals surface area contributed by atoms with Crippen LogP contribution in [-0.2, 0) is 0 Å². The molecule has 4 nitrogen and oxygen atoms in total. The number of hydrogen-bond acceptors (Lipinski definition) is 3. The van der Waals surface area contributed by atoms with Crippen LogP contribution in [0, 0.1) is 15.9 Å². The minimum atomic E-state index is -0.577. The monoisotopic (exact) mass is 378 g/mol. The fourth-order valence-electron chi connectivity index (χ4n) is 3.05.